The third kappa shape index (κ3) is 3.01. The second kappa shape index (κ2) is 4.93. The van der Waals surface area contributed by atoms with Gasteiger partial charge in [-0.15, -0.1) is 0 Å². The minimum Gasteiger partial charge on any atom is -0.487 e. The summed E-state index contributed by atoms with van der Waals surface area (Å²) >= 11 is 5.94. The van der Waals surface area contributed by atoms with E-state index in [1.54, 1.807) is 18.2 Å². The van der Waals surface area contributed by atoms with Crippen molar-refractivity contribution in [3.8, 4) is 5.75 Å². The highest BCUT2D eigenvalue weighted by Gasteiger charge is 2.01. The van der Waals surface area contributed by atoms with Crippen LogP contribution in [0.3, 0.4) is 0 Å². The maximum Gasteiger partial charge on any atom is 0.249 e. The highest BCUT2D eigenvalue weighted by atomic mass is 35.5. The normalized spacial score (nSPS) is 10.2. The fourth-order valence-electron chi connectivity index (χ4n) is 1.43. The number of ether oxygens (including phenoxy) is 1. The van der Waals surface area contributed by atoms with Crippen molar-refractivity contribution in [1.82, 2.24) is 4.98 Å². The molecule has 4 nitrogen and oxygen atoms in total. The molecule has 88 valence electrons. The van der Waals surface area contributed by atoms with Gasteiger partial charge in [-0.2, -0.15) is 0 Å². The summed E-state index contributed by atoms with van der Waals surface area (Å²) in [5, 5.41) is 0.533. The van der Waals surface area contributed by atoms with Crippen LogP contribution in [-0.2, 0) is 6.61 Å². The molecule has 0 aliphatic carbocycles. The molecule has 1 aromatic carbocycles. The number of pyridine rings is 1. The fourth-order valence-corrected chi connectivity index (χ4v) is 1.62. The van der Waals surface area contributed by atoms with E-state index in [0.717, 1.165) is 0 Å². The van der Waals surface area contributed by atoms with Gasteiger partial charge in [-0.25, -0.2) is 0 Å². The molecule has 2 aromatic rings. The molecule has 0 aliphatic rings. The molecule has 0 fully saturated rings. The third-order valence-corrected chi connectivity index (χ3v) is 2.47. The van der Waals surface area contributed by atoms with Crippen LogP contribution in [0.4, 0.5) is 5.82 Å². The lowest BCUT2D eigenvalue weighted by Crippen LogP contribution is -2.10. The molecular formula is C12H11ClN2O2. The fraction of sp³-hybridized carbons (Fsp3) is 0.0833. The first-order valence-electron chi connectivity index (χ1n) is 5.01. The van der Waals surface area contributed by atoms with Crippen molar-refractivity contribution in [3.63, 3.8) is 0 Å². The van der Waals surface area contributed by atoms with Gasteiger partial charge in [-0.3, -0.25) is 4.79 Å². The van der Waals surface area contributed by atoms with Crippen molar-refractivity contribution >= 4 is 17.4 Å². The predicted octanol–water partition coefficient (Wildman–Crippen LogP) is 2.19. The van der Waals surface area contributed by atoms with E-state index < -0.39 is 0 Å². The number of para-hydroxylation sites is 1. The van der Waals surface area contributed by atoms with E-state index in [0.29, 0.717) is 22.2 Å². The summed E-state index contributed by atoms with van der Waals surface area (Å²) in [6.07, 6.45) is 0. The van der Waals surface area contributed by atoms with Crippen LogP contribution in [-0.4, -0.2) is 4.98 Å². The number of nitrogen functional groups attached to an aromatic ring is 1. The summed E-state index contributed by atoms with van der Waals surface area (Å²) in [6, 6.07) is 10.2. The lowest BCUT2D eigenvalue weighted by Gasteiger charge is -2.07. The Morgan fingerprint density at radius 3 is 2.76 bits per heavy atom. The number of nitrogens with one attached hydrogen (secondary N) is 1. The molecule has 0 spiro atoms. The number of aromatic nitrogens is 1. The molecule has 0 saturated heterocycles. The monoisotopic (exact) mass is 250 g/mol. The molecule has 2 rings (SSSR count). The molecule has 17 heavy (non-hydrogen) atoms. The first-order valence-corrected chi connectivity index (χ1v) is 5.39. The Balaban J connectivity index is 2.13. The molecule has 0 amide bonds. The minimum absolute atomic E-state index is 0.247. The zero-order valence-electron chi connectivity index (χ0n) is 8.94. The Morgan fingerprint density at radius 1 is 1.29 bits per heavy atom. The maximum absolute atomic E-state index is 11.2. The minimum atomic E-state index is -0.247. The Hall–Kier alpha value is -1.94. The first-order chi connectivity index (χ1) is 8.15. The molecule has 3 N–H and O–H groups in total. The van der Waals surface area contributed by atoms with E-state index in [9.17, 15) is 4.79 Å². The number of aromatic amines is 1. The van der Waals surface area contributed by atoms with Crippen LogP contribution < -0.4 is 16.0 Å². The molecule has 0 radical (unpaired) electrons. The summed E-state index contributed by atoms with van der Waals surface area (Å²) in [7, 11) is 0. The molecule has 5 heteroatoms. The number of nitrogens with two attached hydrogens (primary N) is 1. The largest absolute Gasteiger partial charge is 0.487 e. The van der Waals surface area contributed by atoms with Gasteiger partial charge in [-0.05, 0) is 23.8 Å². The van der Waals surface area contributed by atoms with Crippen molar-refractivity contribution < 1.29 is 4.74 Å². The molecule has 0 atom stereocenters. The Kier molecular flexibility index (Phi) is 3.35. The van der Waals surface area contributed by atoms with Gasteiger partial charge in [0, 0.05) is 6.07 Å². The van der Waals surface area contributed by atoms with Crippen LogP contribution in [0.1, 0.15) is 5.56 Å². The van der Waals surface area contributed by atoms with E-state index in [1.807, 2.05) is 12.1 Å². The van der Waals surface area contributed by atoms with Gasteiger partial charge in [0.15, 0.2) is 0 Å². The smallest absolute Gasteiger partial charge is 0.249 e. The van der Waals surface area contributed by atoms with Crippen molar-refractivity contribution in [2.75, 3.05) is 5.73 Å². The van der Waals surface area contributed by atoms with Crippen molar-refractivity contribution in [1.29, 1.82) is 0 Å². The number of rotatable bonds is 3. The summed E-state index contributed by atoms with van der Waals surface area (Å²) in [4.78, 5) is 13.6. The second-order valence-electron chi connectivity index (χ2n) is 3.53. The summed E-state index contributed by atoms with van der Waals surface area (Å²) < 4.78 is 5.49. The van der Waals surface area contributed by atoms with Gasteiger partial charge in [0.1, 0.15) is 18.2 Å². The highest BCUT2D eigenvalue weighted by Crippen LogP contribution is 2.23. The van der Waals surface area contributed by atoms with Crippen LogP contribution >= 0.6 is 11.6 Å². The van der Waals surface area contributed by atoms with Crippen LogP contribution in [0.15, 0.2) is 41.2 Å². The number of benzene rings is 1. The molecule has 0 bridgehead atoms. The summed E-state index contributed by atoms with van der Waals surface area (Å²) in [5.74, 6) is 0.892. The number of anilines is 1. The quantitative estimate of drug-likeness (QED) is 0.877. The van der Waals surface area contributed by atoms with Gasteiger partial charge >= 0.3 is 0 Å². The average Bonchev–Trinajstić information content (AvgIpc) is 2.27. The third-order valence-electron chi connectivity index (χ3n) is 2.16. The van der Waals surface area contributed by atoms with Gasteiger partial charge < -0.3 is 15.5 Å². The summed E-state index contributed by atoms with van der Waals surface area (Å²) in [5.41, 5.74) is 5.97. The second-order valence-corrected chi connectivity index (χ2v) is 3.93. The topological polar surface area (TPSA) is 68.1 Å². The van der Waals surface area contributed by atoms with Crippen molar-refractivity contribution in [3.05, 3.63) is 57.3 Å². The van der Waals surface area contributed by atoms with Gasteiger partial charge in [0.2, 0.25) is 5.56 Å². The van der Waals surface area contributed by atoms with Crippen LogP contribution in [0.25, 0.3) is 0 Å². The van der Waals surface area contributed by atoms with E-state index in [2.05, 4.69) is 4.98 Å². The number of hydrogen-bond acceptors (Lipinski definition) is 3. The van der Waals surface area contributed by atoms with E-state index >= 15 is 0 Å². The van der Waals surface area contributed by atoms with Crippen molar-refractivity contribution in [2.24, 2.45) is 0 Å². The Labute approximate surface area is 103 Å². The molecular weight excluding hydrogens is 240 g/mol. The Bertz CT molecular complexity index is 581. The van der Waals surface area contributed by atoms with Crippen LogP contribution in [0, 0.1) is 0 Å². The van der Waals surface area contributed by atoms with E-state index in [-0.39, 0.29) is 12.2 Å². The lowest BCUT2D eigenvalue weighted by atomic mass is 10.3. The molecule has 0 unspecified atom stereocenters. The van der Waals surface area contributed by atoms with Gasteiger partial charge in [-0.1, -0.05) is 23.7 Å². The maximum atomic E-state index is 11.2. The zero-order valence-corrected chi connectivity index (χ0v) is 9.70. The van der Waals surface area contributed by atoms with Crippen molar-refractivity contribution in [2.45, 2.75) is 6.61 Å². The first kappa shape index (κ1) is 11.5. The SMILES string of the molecule is Nc1cc(COc2ccccc2Cl)cc(=O)[nH]1. The lowest BCUT2D eigenvalue weighted by molar-refractivity contribution is 0.306. The molecule has 0 saturated carbocycles. The molecule has 0 aliphatic heterocycles. The van der Waals surface area contributed by atoms with Crippen LogP contribution in [0.5, 0.6) is 5.75 Å². The zero-order chi connectivity index (χ0) is 12.3. The highest BCUT2D eigenvalue weighted by molar-refractivity contribution is 6.32. The Morgan fingerprint density at radius 2 is 2.06 bits per heavy atom. The van der Waals surface area contributed by atoms with Gasteiger partial charge in [0.25, 0.3) is 0 Å². The van der Waals surface area contributed by atoms with Gasteiger partial charge in [0.05, 0.1) is 5.02 Å². The summed E-state index contributed by atoms with van der Waals surface area (Å²) in [6.45, 7) is 0.248. The molecule has 1 heterocycles. The van der Waals surface area contributed by atoms with E-state index in [1.165, 1.54) is 6.07 Å². The number of halogens is 1. The molecule has 1 aromatic heterocycles. The van der Waals surface area contributed by atoms with E-state index in [4.69, 9.17) is 22.1 Å². The van der Waals surface area contributed by atoms with Crippen LogP contribution in [0.2, 0.25) is 5.02 Å². The number of H-pyrrole nitrogens is 1. The average molecular weight is 251 g/mol. The number of hydrogen-bond donors (Lipinski definition) is 2. The predicted molar refractivity (Wildman–Crippen MR) is 67.3 cm³/mol. The standard InChI is InChI=1S/C12H11ClN2O2/c13-9-3-1-2-4-10(9)17-7-8-5-11(14)15-12(16)6-8/h1-6H,7H2,(H3,14,15,16).